The molecule has 3 aromatic carbocycles. The minimum Gasteiger partial charge on any atom is -0.489 e. The van der Waals surface area contributed by atoms with E-state index in [-0.39, 0.29) is 40.6 Å². The third-order valence-electron chi connectivity index (χ3n) is 7.30. The summed E-state index contributed by atoms with van der Waals surface area (Å²) in [6.45, 7) is -2.64. The molecule has 244 valence electrons. The van der Waals surface area contributed by atoms with E-state index >= 15 is 4.39 Å². The maximum absolute atomic E-state index is 15.4. The molecule has 3 aromatic rings. The van der Waals surface area contributed by atoms with Gasteiger partial charge in [-0.3, -0.25) is 4.79 Å². The molecular weight excluding hydrogens is 630 g/mol. The smallest absolute Gasteiger partial charge is 0.416 e. The van der Waals surface area contributed by atoms with Crippen LogP contribution in [0.15, 0.2) is 71.6 Å². The van der Waals surface area contributed by atoms with E-state index in [0.717, 1.165) is 30.3 Å². The third kappa shape index (κ3) is 8.47. The second kappa shape index (κ2) is 14.1. The largest absolute Gasteiger partial charge is 0.489 e. The molecule has 1 aliphatic heterocycles. The third-order valence-corrected chi connectivity index (χ3v) is 9.05. The Hall–Kier alpha value is -3.82. The molecule has 0 bridgehead atoms. The van der Waals surface area contributed by atoms with Crippen molar-refractivity contribution in [3.63, 3.8) is 0 Å². The quantitative estimate of drug-likeness (QED) is 0.252. The van der Waals surface area contributed by atoms with Crippen LogP contribution in [0.3, 0.4) is 0 Å². The summed E-state index contributed by atoms with van der Waals surface area (Å²) in [5.74, 6) is -1.60. The van der Waals surface area contributed by atoms with E-state index in [1.54, 1.807) is 0 Å². The lowest BCUT2D eigenvalue weighted by molar-refractivity contribution is -0.137. The molecule has 1 saturated heterocycles. The summed E-state index contributed by atoms with van der Waals surface area (Å²) in [7, 11) is -3.45. The van der Waals surface area contributed by atoms with E-state index < -0.39 is 71.3 Å². The van der Waals surface area contributed by atoms with Crippen LogP contribution in [0.25, 0.3) is 0 Å². The van der Waals surface area contributed by atoms with Gasteiger partial charge in [-0.15, -0.1) is 0 Å². The average Bonchev–Trinajstić information content (AvgIpc) is 3.40. The van der Waals surface area contributed by atoms with Crippen molar-refractivity contribution < 1.29 is 54.1 Å². The van der Waals surface area contributed by atoms with Crippen molar-refractivity contribution in [1.82, 2.24) is 5.32 Å². The van der Waals surface area contributed by atoms with Crippen LogP contribution in [0.1, 0.15) is 40.9 Å². The Morgan fingerprint density at radius 2 is 1.73 bits per heavy atom. The summed E-state index contributed by atoms with van der Waals surface area (Å²) in [5.41, 5.74) is -0.615. The van der Waals surface area contributed by atoms with Crippen molar-refractivity contribution in [3.8, 4) is 5.75 Å². The van der Waals surface area contributed by atoms with Crippen molar-refractivity contribution >= 4 is 21.4 Å². The topological polar surface area (TPSA) is 105 Å². The SMILES string of the molecule is CCS(=O)(=O)c1ccc(C(CO)NC(=O)c2ccc(N3C[C@@H](Oc4ccc(C(F)(F)F)cc4)C[C@H]3COC(F)F)c(F)c2)cc1. The monoisotopic (exact) mass is 660 g/mol. The van der Waals surface area contributed by atoms with Crippen LogP contribution in [0.4, 0.5) is 32.0 Å². The van der Waals surface area contributed by atoms with Gasteiger partial charge in [-0.1, -0.05) is 19.1 Å². The summed E-state index contributed by atoms with van der Waals surface area (Å²) in [6.07, 6.45) is -5.16. The number of anilines is 1. The highest BCUT2D eigenvalue weighted by Gasteiger charge is 2.36. The van der Waals surface area contributed by atoms with Gasteiger partial charge in [0, 0.05) is 12.0 Å². The molecule has 15 heteroatoms. The molecule has 4 rings (SSSR count). The van der Waals surface area contributed by atoms with Gasteiger partial charge in [0.25, 0.3) is 5.91 Å². The number of ether oxygens (including phenoxy) is 2. The summed E-state index contributed by atoms with van der Waals surface area (Å²) >= 11 is 0. The molecule has 0 radical (unpaired) electrons. The number of aliphatic hydroxyl groups excluding tert-OH is 1. The molecule has 0 saturated carbocycles. The number of carbonyl (C=O) groups excluding carboxylic acids is 1. The van der Waals surface area contributed by atoms with Gasteiger partial charge in [0.1, 0.15) is 17.7 Å². The number of nitrogens with zero attached hydrogens (tertiary/aromatic N) is 1. The zero-order valence-corrected chi connectivity index (χ0v) is 24.6. The minimum absolute atomic E-state index is 0.0168. The number of amides is 1. The molecule has 1 aliphatic rings. The molecule has 0 aromatic heterocycles. The molecule has 0 spiro atoms. The number of alkyl halides is 5. The van der Waals surface area contributed by atoms with Crippen LogP contribution < -0.4 is 15.0 Å². The first kappa shape index (κ1) is 34.1. The predicted octanol–water partition coefficient (Wildman–Crippen LogP) is 5.37. The van der Waals surface area contributed by atoms with Crippen LogP contribution in [-0.2, 0) is 20.8 Å². The summed E-state index contributed by atoms with van der Waals surface area (Å²) in [6, 6.07) is 11.4. The number of carbonyl (C=O) groups is 1. The Morgan fingerprint density at radius 3 is 2.29 bits per heavy atom. The lowest BCUT2D eigenvalue weighted by Crippen LogP contribution is -2.35. The van der Waals surface area contributed by atoms with Crippen LogP contribution in [-0.4, -0.2) is 63.7 Å². The number of nitrogens with one attached hydrogen (secondary N) is 1. The average molecular weight is 661 g/mol. The molecular formula is C30H30F6N2O6S. The number of sulfone groups is 1. The fourth-order valence-corrected chi connectivity index (χ4v) is 5.83. The van der Waals surface area contributed by atoms with E-state index in [2.05, 4.69) is 10.1 Å². The van der Waals surface area contributed by atoms with Crippen LogP contribution in [0.2, 0.25) is 0 Å². The number of hydrogen-bond acceptors (Lipinski definition) is 7. The highest BCUT2D eigenvalue weighted by molar-refractivity contribution is 7.91. The highest BCUT2D eigenvalue weighted by Crippen LogP contribution is 2.33. The van der Waals surface area contributed by atoms with Gasteiger partial charge in [0.05, 0.1) is 53.7 Å². The first-order valence-electron chi connectivity index (χ1n) is 13.8. The van der Waals surface area contributed by atoms with E-state index in [0.29, 0.717) is 5.56 Å². The van der Waals surface area contributed by atoms with Crippen LogP contribution in [0.5, 0.6) is 5.75 Å². The van der Waals surface area contributed by atoms with Crippen molar-refractivity contribution in [2.45, 2.75) is 49.2 Å². The Balaban J connectivity index is 1.48. The zero-order chi connectivity index (χ0) is 32.9. The molecule has 1 unspecified atom stereocenters. The van der Waals surface area contributed by atoms with E-state index in [9.17, 15) is 40.3 Å². The lowest BCUT2D eigenvalue weighted by Gasteiger charge is -2.27. The second-order valence-electron chi connectivity index (χ2n) is 10.2. The van der Waals surface area contributed by atoms with Gasteiger partial charge in [-0.25, -0.2) is 12.8 Å². The first-order chi connectivity index (χ1) is 21.2. The number of benzene rings is 3. The normalized spacial score (nSPS) is 17.8. The van der Waals surface area contributed by atoms with Gasteiger partial charge in [-0.05, 0) is 60.2 Å². The highest BCUT2D eigenvalue weighted by atomic mass is 32.2. The lowest BCUT2D eigenvalue weighted by atomic mass is 10.1. The van der Waals surface area contributed by atoms with E-state index in [1.165, 1.54) is 48.2 Å². The Bertz CT molecular complexity index is 1570. The molecule has 8 nitrogen and oxygen atoms in total. The Kier molecular flexibility index (Phi) is 10.7. The van der Waals surface area contributed by atoms with Gasteiger partial charge in [-0.2, -0.15) is 22.0 Å². The molecule has 3 atom stereocenters. The molecule has 2 N–H and O–H groups in total. The Labute approximate surface area is 255 Å². The summed E-state index contributed by atoms with van der Waals surface area (Å²) < 4.78 is 114. The molecule has 1 fully saturated rings. The van der Waals surface area contributed by atoms with Crippen molar-refractivity contribution in [3.05, 3.63) is 89.2 Å². The number of aliphatic hydroxyl groups is 1. The van der Waals surface area contributed by atoms with E-state index in [4.69, 9.17) is 4.74 Å². The number of rotatable bonds is 12. The fourth-order valence-electron chi connectivity index (χ4n) is 4.94. The van der Waals surface area contributed by atoms with Gasteiger partial charge >= 0.3 is 12.8 Å². The maximum Gasteiger partial charge on any atom is 0.416 e. The van der Waals surface area contributed by atoms with Crippen molar-refractivity contribution in [2.24, 2.45) is 0 Å². The number of hydrogen-bond donors (Lipinski definition) is 2. The first-order valence-corrected chi connectivity index (χ1v) is 15.4. The van der Waals surface area contributed by atoms with E-state index in [1.807, 2.05) is 0 Å². The van der Waals surface area contributed by atoms with Gasteiger partial charge in [0.2, 0.25) is 0 Å². The standard InChI is InChI=1S/C30H30F6N2O6S/c1-2-45(41,42)24-10-3-18(4-11-24)26(16-39)37-28(40)19-5-12-27(25(31)13-19)38-15-23(14-21(38)17-43-29(32)33)44-22-8-6-20(7-9-22)30(34,35)36/h3-13,21,23,26,29,39H,2,14-17H2,1H3,(H,37,40)/t21-,23-,26?/m0/s1. The summed E-state index contributed by atoms with van der Waals surface area (Å²) in [4.78, 5) is 14.4. The van der Waals surface area contributed by atoms with Gasteiger partial charge < -0.3 is 24.8 Å². The fraction of sp³-hybridized carbons (Fsp3) is 0.367. The minimum atomic E-state index is -4.54. The number of halogens is 6. The van der Waals surface area contributed by atoms with Crippen LogP contribution >= 0.6 is 0 Å². The van der Waals surface area contributed by atoms with Crippen molar-refractivity contribution in [2.75, 3.05) is 30.4 Å². The van der Waals surface area contributed by atoms with Gasteiger partial charge in [0.15, 0.2) is 9.84 Å². The molecule has 0 aliphatic carbocycles. The molecule has 1 amide bonds. The van der Waals surface area contributed by atoms with Crippen LogP contribution in [0, 0.1) is 5.82 Å². The predicted molar refractivity (Wildman–Crippen MR) is 151 cm³/mol. The Morgan fingerprint density at radius 1 is 1.07 bits per heavy atom. The molecule has 45 heavy (non-hydrogen) atoms. The molecule has 1 heterocycles. The zero-order valence-electron chi connectivity index (χ0n) is 23.8. The van der Waals surface area contributed by atoms with Crippen molar-refractivity contribution in [1.29, 1.82) is 0 Å². The second-order valence-corrected chi connectivity index (χ2v) is 12.5. The maximum atomic E-state index is 15.4. The summed E-state index contributed by atoms with van der Waals surface area (Å²) in [5, 5.41) is 12.4.